The van der Waals surface area contributed by atoms with Crippen molar-refractivity contribution in [1.82, 2.24) is 0 Å². The van der Waals surface area contributed by atoms with Crippen LogP contribution in [0.3, 0.4) is 0 Å². The monoisotopic (exact) mass is 266 g/mol. The Bertz CT molecular complexity index is 532. The second kappa shape index (κ2) is 6.52. The average molecular weight is 266 g/mol. The first kappa shape index (κ1) is 15.4. The van der Waals surface area contributed by atoms with Crippen molar-refractivity contribution >= 4 is 41.5 Å². The van der Waals surface area contributed by atoms with Crippen molar-refractivity contribution < 1.29 is 19.8 Å². The van der Waals surface area contributed by atoms with Gasteiger partial charge in [0, 0.05) is 0 Å². The summed E-state index contributed by atoms with van der Waals surface area (Å²) in [5.41, 5.74) is 2.13. The van der Waals surface area contributed by atoms with E-state index in [-0.39, 0.29) is 40.7 Å². The van der Waals surface area contributed by atoms with Crippen LogP contribution in [-0.4, -0.2) is 51.7 Å². The van der Waals surface area contributed by atoms with Crippen LogP contribution in [0.15, 0.2) is 48.5 Å². The third kappa shape index (κ3) is 3.67. The summed E-state index contributed by atoms with van der Waals surface area (Å²) < 4.78 is 0. The Balaban J connectivity index is 0.00000180. The van der Waals surface area contributed by atoms with Crippen molar-refractivity contribution in [3.05, 3.63) is 59.7 Å². The molecule has 0 amide bonds. The molecule has 0 atom stereocenters. The molecule has 2 rings (SSSR count). The Labute approximate surface area is 132 Å². The minimum absolute atomic E-state index is 0. The molecule has 0 aliphatic rings. The van der Waals surface area contributed by atoms with Gasteiger partial charge in [-0.2, -0.15) is 0 Å². The van der Waals surface area contributed by atoms with E-state index in [0.717, 1.165) is 11.1 Å². The number of carboxylic acids is 2. The number of hydrogen-bond donors (Lipinski definition) is 2. The normalized spacial score (nSPS) is 9.47. The van der Waals surface area contributed by atoms with Gasteiger partial charge in [0.05, 0.1) is 11.1 Å². The maximum absolute atomic E-state index is 10.7. The molecule has 0 fully saturated rings. The quantitative estimate of drug-likeness (QED) is 0.834. The van der Waals surface area contributed by atoms with Crippen LogP contribution in [0, 0.1) is 0 Å². The van der Waals surface area contributed by atoms with Gasteiger partial charge in [-0.1, -0.05) is 24.3 Å². The van der Waals surface area contributed by atoms with Gasteiger partial charge in [0.2, 0.25) is 0 Å². The Morgan fingerprint density at radius 3 is 1.11 bits per heavy atom. The van der Waals surface area contributed by atoms with Crippen LogP contribution < -0.4 is 0 Å². The Morgan fingerprint density at radius 2 is 0.895 bits per heavy atom. The fourth-order valence-corrected chi connectivity index (χ4v) is 1.61. The van der Waals surface area contributed by atoms with Crippen molar-refractivity contribution in [2.24, 2.45) is 0 Å². The molecule has 0 aliphatic heterocycles. The third-order valence-electron chi connectivity index (χ3n) is 2.60. The standard InChI is InChI=1S/C14H10O4.Na.H/c15-13(16)11-5-1-9(2-6-11)10-3-7-12(8-4-10)14(17)18;;/h1-8H,(H,15,16)(H,17,18);;. The Morgan fingerprint density at radius 1 is 0.632 bits per heavy atom. The molecule has 0 unspecified atom stereocenters. The van der Waals surface area contributed by atoms with Crippen molar-refractivity contribution in [2.45, 2.75) is 0 Å². The molecule has 0 heterocycles. The van der Waals surface area contributed by atoms with Crippen molar-refractivity contribution in [1.29, 1.82) is 0 Å². The summed E-state index contributed by atoms with van der Waals surface area (Å²) >= 11 is 0. The first-order valence-corrected chi connectivity index (χ1v) is 5.25. The van der Waals surface area contributed by atoms with E-state index in [4.69, 9.17) is 10.2 Å². The van der Waals surface area contributed by atoms with Crippen molar-refractivity contribution in [3.63, 3.8) is 0 Å². The first-order chi connectivity index (χ1) is 8.58. The molecule has 2 aromatic rings. The van der Waals surface area contributed by atoms with Gasteiger partial charge in [-0.15, -0.1) is 0 Å². The summed E-state index contributed by atoms with van der Waals surface area (Å²) in [4.78, 5) is 21.4. The number of carboxylic acid groups (broad SMARTS) is 2. The summed E-state index contributed by atoms with van der Waals surface area (Å²) in [6.45, 7) is 0. The molecule has 2 N–H and O–H groups in total. The molecule has 0 bridgehead atoms. The SMILES string of the molecule is O=C(O)c1ccc(-c2ccc(C(=O)O)cc2)cc1.[NaH]. The Hall–Kier alpha value is -1.62. The predicted octanol–water partition coefficient (Wildman–Crippen LogP) is 2.10. The summed E-state index contributed by atoms with van der Waals surface area (Å²) in [5.74, 6) is -1.94. The van der Waals surface area contributed by atoms with E-state index in [2.05, 4.69) is 0 Å². The van der Waals surface area contributed by atoms with Gasteiger partial charge in [-0.05, 0) is 35.4 Å². The fraction of sp³-hybridized carbons (Fsp3) is 0. The van der Waals surface area contributed by atoms with Crippen LogP contribution in [0.4, 0.5) is 0 Å². The van der Waals surface area contributed by atoms with Gasteiger partial charge in [0.15, 0.2) is 0 Å². The molecule has 2 aromatic carbocycles. The molecular formula is C14H11NaO4. The van der Waals surface area contributed by atoms with Crippen LogP contribution in [-0.2, 0) is 0 Å². The molecule has 0 aliphatic carbocycles. The molecule has 0 saturated carbocycles. The molecule has 0 saturated heterocycles. The number of hydrogen-bond acceptors (Lipinski definition) is 2. The van der Waals surface area contributed by atoms with Gasteiger partial charge in [-0.3, -0.25) is 0 Å². The second-order valence-corrected chi connectivity index (χ2v) is 3.77. The molecule has 0 aromatic heterocycles. The zero-order valence-electron chi connectivity index (χ0n) is 9.33. The van der Waals surface area contributed by atoms with Crippen LogP contribution in [0.25, 0.3) is 11.1 Å². The van der Waals surface area contributed by atoms with Crippen LogP contribution in [0.2, 0.25) is 0 Å². The van der Waals surface area contributed by atoms with Gasteiger partial charge in [0.1, 0.15) is 0 Å². The van der Waals surface area contributed by atoms with Gasteiger partial charge in [-0.25, -0.2) is 9.59 Å². The van der Waals surface area contributed by atoms with E-state index in [1.54, 1.807) is 24.3 Å². The van der Waals surface area contributed by atoms with E-state index in [1.165, 1.54) is 24.3 Å². The molecular weight excluding hydrogens is 255 g/mol. The van der Waals surface area contributed by atoms with Gasteiger partial charge in [0.25, 0.3) is 0 Å². The van der Waals surface area contributed by atoms with E-state index in [1.807, 2.05) is 0 Å². The summed E-state index contributed by atoms with van der Waals surface area (Å²) in [5, 5.41) is 17.6. The van der Waals surface area contributed by atoms with E-state index in [9.17, 15) is 9.59 Å². The third-order valence-corrected chi connectivity index (χ3v) is 2.60. The van der Waals surface area contributed by atoms with E-state index >= 15 is 0 Å². The van der Waals surface area contributed by atoms with Crippen LogP contribution in [0.1, 0.15) is 20.7 Å². The van der Waals surface area contributed by atoms with Crippen molar-refractivity contribution in [2.75, 3.05) is 0 Å². The topological polar surface area (TPSA) is 74.6 Å². The Kier molecular flexibility index (Phi) is 5.30. The van der Waals surface area contributed by atoms with Crippen molar-refractivity contribution in [3.8, 4) is 11.1 Å². The van der Waals surface area contributed by atoms with Gasteiger partial charge < -0.3 is 10.2 Å². The number of rotatable bonds is 3. The molecule has 92 valence electrons. The zero-order chi connectivity index (χ0) is 13.1. The molecule has 4 nitrogen and oxygen atoms in total. The summed E-state index contributed by atoms with van der Waals surface area (Å²) in [7, 11) is 0. The van der Waals surface area contributed by atoms with Crippen LogP contribution in [0.5, 0.6) is 0 Å². The molecule has 19 heavy (non-hydrogen) atoms. The first-order valence-electron chi connectivity index (χ1n) is 5.25. The molecule has 0 radical (unpaired) electrons. The van der Waals surface area contributed by atoms with Gasteiger partial charge >= 0.3 is 41.5 Å². The number of benzene rings is 2. The number of aromatic carboxylic acids is 2. The van der Waals surface area contributed by atoms with Crippen LogP contribution >= 0.6 is 0 Å². The zero-order valence-corrected chi connectivity index (χ0v) is 9.33. The van der Waals surface area contributed by atoms with E-state index in [0.29, 0.717) is 0 Å². The summed E-state index contributed by atoms with van der Waals surface area (Å²) in [6.07, 6.45) is 0. The molecule has 5 heteroatoms. The fourth-order valence-electron chi connectivity index (χ4n) is 1.61. The predicted molar refractivity (Wildman–Crippen MR) is 72.9 cm³/mol. The van der Waals surface area contributed by atoms with E-state index < -0.39 is 11.9 Å². The molecule has 0 spiro atoms. The number of carbonyl (C=O) groups is 2. The maximum atomic E-state index is 10.7. The summed E-state index contributed by atoms with van der Waals surface area (Å²) in [6, 6.07) is 12.8. The average Bonchev–Trinajstić information content (AvgIpc) is 2.39. The minimum atomic E-state index is -0.970. The second-order valence-electron chi connectivity index (χ2n) is 3.77.